The number of fused-ring (bicyclic) bond motifs is 3. The van der Waals surface area contributed by atoms with E-state index in [4.69, 9.17) is 4.74 Å². The Morgan fingerprint density at radius 2 is 2.05 bits per heavy atom. The van der Waals surface area contributed by atoms with Crippen molar-refractivity contribution in [3.8, 4) is 11.4 Å². The molecule has 0 amide bonds. The van der Waals surface area contributed by atoms with Gasteiger partial charge in [-0.05, 0) is 24.3 Å². The van der Waals surface area contributed by atoms with Crippen molar-refractivity contribution in [2.75, 3.05) is 6.61 Å². The third-order valence-corrected chi connectivity index (χ3v) is 3.91. The van der Waals surface area contributed by atoms with Gasteiger partial charge in [0.2, 0.25) is 0 Å². The smallest absolute Gasteiger partial charge is 0.263 e. The predicted molar refractivity (Wildman–Crippen MR) is 82.5 cm³/mol. The molecule has 3 heterocycles. The van der Waals surface area contributed by atoms with Crippen molar-refractivity contribution in [1.29, 1.82) is 0 Å². The molecule has 4 rings (SSSR count). The zero-order chi connectivity index (χ0) is 15.1. The first-order chi connectivity index (χ1) is 10.8. The molecule has 5 nitrogen and oxygen atoms in total. The number of hydrogen-bond donors (Lipinski definition) is 1. The summed E-state index contributed by atoms with van der Waals surface area (Å²) in [7, 11) is 0. The van der Waals surface area contributed by atoms with Gasteiger partial charge in [0.1, 0.15) is 11.9 Å². The number of para-hydroxylation sites is 1. The van der Waals surface area contributed by atoms with Gasteiger partial charge in [-0.25, -0.2) is 4.98 Å². The highest BCUT2D eigenvalue weighted by atomic mass is 16.5. The third kappa shape index (κ3) is 1.83. The Morgan fingerprint density at radius 1 is 1.23 bits per heavy atom. The molecule has 1 N–H and O–H groups in total. The minimum absolute atomic E-state index is 0.110. The maximum absolute atomic E-state index is 12.9. The Hall–Kier alpha value is -2.66. The molecule has 110 valence electrons. The fourth-order valence-corrected chi connectivity index (χ4v) is 2.91. The second-order valence-electron chi connectivity index (χ2n) is 5.28. The summed E-state index contributed by atoms with van der Waals surface area (Å²) < 4.78 is 7.35. The Balaban J connectivity index is 2.09. The van der Waals surface area contributed by atoms with E-state index in [0.29, 0.717) is 23.4 Å². The van der Waals surface area contributed by atoms with Crippen molar-refractivity contribution < 1.29 is 9.84 Å². The SMILES string of the molecule is O=c1c2c(c3cccnc3n1-c1ccccc1)OC(CO)C2. The van der Waals surface area contributed by atoms with Crippen molar-refractivity contribution in [3.63, 3.8) is 0 Å². The Labute approximate surface area is 126 Å². The van der Waals surface area contributed by atoms with E-state index >= 15 is 0 Å². The number of ether oxygens (including phenoxy) is 1. The number of rotatable bonds is 2. The van der Waals surface area contributed by atoms with Crippen LogP contribution in [0.25, 0.3) is 16.7 Å². The van der Waals surface area contributed by atoms with Crippen molar-refractivity contribution in [2.45, 2.75) is 12.5 Å². The minimum atomic E-state index is -0.363. The molecule has 0 aliphatic carbocycles. The lowest BCUT2D eigenvalue weighted by Crippen LogP contribution is -2.23. The summed E-state index contributed by atoms with van der Waals surface area (Å²) in [6, 6.07) is 13.1. The molecule has 5 heteroatoms. The minimum Gasteiger partial charge on any atom is -0.486 e. The highest BCUT2D eigenvalue weighted by Gasteiger charge is 2.29. The molecule has 22 heavy (non-hydrogen) atoms. The zero-order valence-electron chi connectivity index (χ0n) is 11.8. The van der Waals surface area contributed by atoms with Crippen molar-refractivity contribution in [2.24, 2.45) is 0 Å². The standard InChI is InChI=1S/C17H14N2O3/c20-10-12-9-14-15(22-12)13-7-4-8-18-16(13)19(17(14)21)11-5-2-1-3-6-11/h1-8,12,20H,9-10H2. The number of aliphatic hydroxyl groups is 1. The van der Waals surface area contributed by atoms with Gasteiger partial charge in [-0.3, -0.25) is 9.36 Å². The number of aromatic nitrogens is 2. The van der Waals surface area contributed by atoms with Crippen LogP contribution in [-0.4, -0.2) is 27.4 Å². The van der Waals surface area contributed by atoms with Gasteiger partial charge < -0.3 is 9.84 Å². The van der Waals surface area contributed by atoms with Crippen molar-refractivity contribution >= 4 is 11.0 Å². The Morgan fingerprint density at radius 3 is 2.82 bits per heavy atom. The summed E-state index contributed by atoms with van der Waals surface area (Å²) in [5.41, 5.74) is 1.80. The quantitative estimate of drug-likeness (QED) is 0.781. The van der Waals surface area contributed by atoms with E-state index in [0.717, 1.165) is 11.1 Å². The fraction of sp³-hybridized carbons (Fsp3) is 0.176. The first kappa shape index (κ1) is 13.0. The molecule has 1 atom stereocenters. The van der Waals surface area contributed by atoms with Crippen LogP contribution in [0.4, 0.5) is 0 Å². The third-order valence-electron chi connectivity index (χ3n) is 3.91. The summed E-state index contributed by atoms with van der Waals surface area (Å²) in [5.74, 6) is 0.555. The van der Waals surface area contributed by atoms with E-state index in [1.807, 2.05) is 42.5 Å². The molecule has 0 bridgehead atoms. The van der Waals surface area contributed by atoms with Crippen LogP contribution in [0.1, 0.15) is 5.56 Å². The second kappa shape index (κ2) is 4.96. The van der Waals surface area contributed by atoms with Crippen molar-refractivity contribution in [3.05, 3.63) is 64.6 Å². The summed E-state index contributed by atoms with van der Waals surface area (Å²) >= 11 is 0. The van der Waals surface area contributed by atoms with Crippen LogP contribution in [0.5, 0.6) is 5.75 Å². The number of pyridine rings is 2. The molecular weight excluding hydrogens is 280 g/mol. The van der Waals surface area contributed by atoms with Crippen LogP contribution in [-0.2, 0) is 6.42 Å². The number of nitrogens with zero attached hydrogens (tertiary/aromatic N) is 2. The largest absolute Gasteiger partial charge is 0.486 e. The summed E-state index contributed by atoms with van der Waals surface area (Å²) in [6.07, 6.45) is 1.71. The van der Waals surface area contributed by atoms with Crippen LogP contribution >= 0.6 is 0 Å². The monoisotopic (exact) mass is 294 g/mol. The lowest BCUT2D eigenvalue weighted by molar-refractivity contribution is 0.136. The molecule has 0 saturated carbocycles. The second-order valence-corrected chi connectivity index (χ2v) is 5.28. The van der Waals surface area contributed by atoms with Crippen LogP contribution in [0.3, 0.4) is 0 Å². The number of hydrogen-bond acceptors (Lipinski definition) is 4. The van der Waals surface area contributed by atoms with Gasteiger partial charge in [-0.15, -0.1) is 0 Å². The maximum atomic E-state index is 12.9. The first-order valence-corrected chi connectivity index (χ1v) is 7.15. The van der Waals surface area contributed by atoms with Gasteiger partial charge >= 0.3 is 0 Å². The molecule has 1 unspecified atom stereocenters. The van der Waals surface area contributed by atoms with E-state index < -0.39 is 0 Å². The number of aliphatic hydroxyl groups excluding tert-OH is 1. The Kier molecular flexibility index (Phi) is 2.94. The van der Waals surface area contributed by atoms with Gasteiger partial charge in [0.15, 0.2) is 5.65 Å². The zero-order valence-corrected chi connectivity index (χ0v) is 11.8. The Bertz CT molecular complexity index is 903. The lowest BCUT2D eigenvalue weighted by Gasteiger charge is -2.12. The molecule has 1 aliphatic heterocycles. The molecule has 2 aromatic heterocycles. The average Bonchev–Trinajstić information content (AvgIpc) is 3.01. The number of benzene rings is 1. The van der Waals surface area contributed by atoms with E-state index in [2.05, 4.69) is 4.98 Å². The summed E-state index contributed by atoms with van der Waals surface area (Å²) in [6.45, 7) is -0.110. The molecular formula is C17H14N2O3. The van der Waals surface area contributed by atoms with Crippen LogP contribution in [0, 0.1) is 0 Å². The highest BCUT2D eigenvalue weighted by molar-refractivity contribution is 5.85. The van der Waals surface area contributed by atoms with E-state index in [9.17, 15) is 9.90 Å². The highest BCUT2D eigenvalue weighted by Crippen LogP contribution is 2.34. The molecule has 0 radical (unpaired) electrons. The van der Waals surface area contributed by atoms with Crippen molar-refractivity contribution in [1.82, 2.24) is 9.55 Å². The molecule has 1 aromatic carbocycles. The molecule has 1 aliphatic rings. The molecule has 0 fully saturated rings. The van der Waals surface area contributed by atoms with Crippen LogP contribution in [0.15, 0.2) is 53.5 Å². The summed E-state index contributed by atoms with van der Waals surface area (Å²) in [5, 5.41) is 10.1. The van der Waals surface area contributed by atoms with Gasteiger partial charge in [0, 0.05) is 12.6 Å². The maximum Gasteiger partial charge on any atom is 0.263 e. The predicted octanol–water partition coefficient (Wildman–Crippen LogP) is 1.68. The van der Waals surface area contributed by atoms with Gasteiger partial charge in [-0.1, -0.05) is 18.2 Å². The lowest BCUT2D eigenvalue weighted by atomic mass is 10.1. The van der Waals surface area contributed by atoms with Gasteiger partial charge in [0.05, 0.1) is 23.2 Å². The normalized spacial score (nSPS) is 16.5. The van der Waals surface area contributed by atoms with Crippen LogP contribution < -0.4 is 10.3 Å². The van der Waals surface area contributed by atoms with E-state index in [1.165, 1.54) is 0 Å². The topological polar surface area (TPSA) is 64.4 Å². The van der Waals surface area contributed by atoms with E-state index in [1.54, 1.807) is 10.8 Å². The molecule has 3 aromatic rings. The first-order valence-electron chi connectivity index (χ1n) is 7.15. The average molecular weight is 294 g/mol. The summed E-state index contributed by atoms with van der Waals surface area (Å²) in [4.78, 5) is 17.3. The van der Waals surface area contributed by atoms with Gasteiger partial charge in [-0.2, -0.15) is 0 Å². The van der Waals surface area contributed by atoms with Gasteiger partial charge in [0.25, 0.3) is 5.56 Å². The molecule has 0 saturated heterocycles. The fourth-order valence-electron chi connectivity index (χ4n) is 2.91. The molecule has 0 spiro atoms. The van der Waals surface area contributed by atoms with Crippen LogP contribution in [0.2, 0.25) is 0 Å². The van der Waals surface area contributed by atoms with E-state index in [-0.39, 0.29) is 18.3 Å².